The summed E-state index contributed by atoms with van der Waals surface area (Å²) in [7, 11) is 0. The molecule has 0 spiro atoms. The molecule has 7 nitrogen and oxygen atoms in total. The van der Waals surface area contributed by atoms with Gasteiger partial charge in [0.25, 0.3) is 5.91 Å². The third kappa shape index (κ3) is 2.62. The summed E-state index contributed by atoms with van der Waals surface area (Å²) >= 11 is 0. The van der Waals surface area contributed by atoms with E-state index in [1.807, 2.05) is 6.92 Å². The molecule has 2 aliphatic heterocycles. The quantitative estimate of drug-likeness (QED) is 0.488. The molecule has 0 aromatic carbocycles. The number of rotatable bonds is 1. The van der Waals surface area contributed by atoms with Gasteiger partial charge in [0.05, 0.1) is 6.04 Å². The number of imide groups is 1. The zero-order valence-electron chi connectivity index (χ0n) is 11.4. The smallest absolute Gasteiger partial charge is 0.252 e. The van der Waals surface area contributed by atoms with Crippen LogP contribution >= 0.6 is 0 Å². The van der Waals surface area contributed by atoms with E-state index in [9.17, 15) is 14.4 Å². The third-order valence-electron chi connectivity index (χ3n) is 3.69. The molecule has 2 rings (SSSR count). The van der Waals surface area contributed by atoms with Crippen LogP contribution in [-0.4, -0.2) is 59.9 Å². The molecule has 2 unspecified atom stereocenters. The molecule has 0 radical (unpaired) electrons. The highest BCUT2D eigenvalue weighted by Gasteiger charge is 2.45. The van der Waals surface area contributed by atoms with Gasteiger partial charge < -0.3 is 15.5 Å². The number of amides is 3. The van der Waals surface area contributed by atoms with Gasteiger partial charge in [-0.15, -0.1) is 0 Å². The molecule has 106 valence electrons. The standard InChI is InChI=1S/C12H20N4O3/c1-7-4-14-8(5-13-7)10(18)16-6-9(17)15-11(19)12(16,2)3/h7-8,13-14H,4-6H2,1-3H3,(H,15,17,19). The van der Waals surface area contributed by atoms with Crippen LogP contribution < -0.4 is 16.0 Å². The van der Waals surface area contributed by atoms with E-state index < -0.39 is 23.4 Å². The van der Waals surface area contributed by atoms with Crippen LogP contribution in [0.3, 0.4) is 0 Å². The van der Waals surface area contributed by atoms with Gasteiger partial charge in [0.15, 0.2) is 0 Å². The molecule has 3 N–H and O–H groups in total. The fourth-order valence-electron chi connectivity index (χ4n) is 2.28. The maximum Gasteiger partial charge on any atom is 0.252 e. The van der Waals surface area contributed by atoms with Gasteiger partial charge in [-0.25, -0.2) is 0 Å². The Balaban J connectivity index is 2.12. The van der Waals surface area contributed by atoms with Crippen LogP contribution in [-0.2, 0) is 14.4 Å². The molecule has 2 heterocycles. The highest BCUT2D eigenvalue weighted by molar-refractivity contribution is 6.06. The van der Waals surface area contributed by atoms with Crippen LogP contribution in [0.4, 0.5) is 0 Å². The second-order valence-corrected chi connectivity index (χ2v) is 5.63. The Kier molecular flexibility index (Phi) is 3.60. The molecule has 0 aliphatic carbocycles. The largest absolute Gasteiger partial charge is 0.318 e. The van der Waals surface area contributed by atoms with Gasteiger partial charge in [0, 0.05) is 19.1 Å². The molecular weight excluding hydrogens is 248 g/mol. The van der Waals surface area contributed by atoms with Crippen molar-refractivity contribution in [3.63, 3.8) is 0 Å². The Bertz CT molecular complexity index is 413. The predicted octanol–water partition coefficient (Wildman–Crippen LogP) is -1.80. The first-order chi connectivity index (χ1) is 8.82. The molecule has 0 bridgehead atoms. The zero-order chi connectivity index (χ0) is 14.2. The van der Waals surface area contributed by atoms with E-state index in [2.05, 4.69) is 16.0 Å². The maximum absolute atomic E-state index is 12.5. The summed E-state index contributed by atoms with van der Waals surface area (Å²) in [4.78, 5) is 37.1. The van der Waals surface area contributed by atoms with Gasteiger partial charge in [-0.1, -0.05) is 0 Å². The van der Waals surface area contributed by atoms with Gasteiger partial charge in [-0.3, -0.25) is 19.7 Å². The number of carbonyl (C=O) groups excluding carboxylic acids is 3. The lowest BCUT2D eigenvalue weighted by Gasteiger charge is -2.42. The SMILES string of the molecule is CC1CNC(C(=O)N2CC(=O)NC(=O)C2(C)C)CN1. The van der Waals surface area contributed by atoms with Crippen molar-refractivity contribution >= 4 is 17.7 Å². The zero-order valence-corrected chi connectivity index (χ0v) is 11.4. The molecule has 2 aliphatic rings. The van der Waals surface area contributed by atoms with E-state index in [-0.39, 0.29) is 12.5 Å². The van der Waals surface area contributed by atoms with Crippen LogP contribution in [0.15, 0.2) is 0 Å². The number of hydrogen-bond acceptors (Lipinski definition) is 5. The first kappa shape index (κ1) is 14.0. The van der Waals surface area contributed by atoms with Crippen LogP contribution in [0.1, 0.15) is 20.8 Å². The van der Waals surface area contributed by atoms with E-state index in [4.69, 9.17) is 0 Å². The van der Waals surface area contributed by atoms with Gasteiger partial charge >= 0.3 is 0 Å². The van der Waals surface area contributed by atoms with Gasteiger partial charge in [0.1, 0.15) is 12.1 Å². The first-order valence-corrected chi connectivity index (χ1v) is 6.45. The van der Waals surface area contributed by atoms with Crippen molar-refractivity contribution in [2.75, 3.05) is 19.6 Å². The Morgan fingerprint density at radius 3 is 2.53 bits per heavy atom. The molecule has 7 heteroatoms. The third-order valence-corrected chi connectivity index (χ3v) is 3.69. The highest BCUT2D eigenvalue weighted by Crippen LogP contribution is 2.19. The molecule has 2 fully saturated rings. The number of piperazine rings is 2. The fraction of sp³-hybridized carbons (Fsp3) is 0.750. The lowest BCUT2D eigenvalue weighted by Crippen LogP contribution is -2.69. The van der Waals surface area contributed by atoms with E-state index in [0.717, 1.165) is 0 Å². The maximum atomic E-state index is 12.5. The Hall–Kier alpha value is -1.47. The topological polar surface area (TPSA) is 90.5 Å². The average Bonchev–Trinajstić information content (AvgIpc) is 2.34. The normalized spacial score (nSPS) is 31.0. The summed E-state index contributed by atoms with van der Waals surface area (Å²) in [6, 6.07) is -0.0856. The Morgan fingerprint density at radius 2 is 1.95 bits per heavy atom. The van der Waals surface area contributed by atoms with Crippen molar-refractivity contribution in [3.8, 4) is 0 Å². The predicted molar refractivity (Wildman–Crippen MR) is 68.2 cm³/mol. The average molecular weight is 268 g/mol. The van der Waals surface area contributed by atoms with E-state index >= 15 is 0 Å². The van der Waals surface area contributed by atoms with Gasteiger partial charge in [-0.05, 0) is 20.8 Å². The molecule has 19 heavy (non-hydrogen) atoms. The van der Waals surface area contributed by atoms with E-state index in [0.29, 0.717) is 19.1 Å². The van der Waals surface area contributed by atoms with Crippen LogP contribution in [0, 0.1) is 0 Å². The Morgan fingerprint density at radius 1 is 1.26 bits per heavy atom. The fourth-order valence-corrected chi connectivity index (χ4v) is 2.28. The molecule has 0 aromatic rings. The summed E-state index contributed by atoms with van der Waals surface area (Å²) in [5, 5.41) is 8.60. The lowest BCUT2D eigenvalue weighted by molar-refractivity contribution is -0.156. The lowest BCUT2D eigenvalue weighted by atomic mass is 9.97. The molecule has 0 saturated carbocycles. The highest BCUT2D eigenvalue weighted by atomic mass is 16.2. The van der Waals surface area contributed by atoms with Crippen LogP contribution in [0.25, 0.3) is 0 Å². The summed E-state index contributed by atoms with van der Waals surface area (Å²) in [5.74, 6) is -1.09. The van der Waals surface area contributed by atoms with Crippen LogP contribution in [0.2, 0.25) is 0 Å². The minimum Gasteiger partial charge on any atom is -0.318 e. The van der Waals surface area contributed by atoms with Crippen molar-refractivity contribution in [2.45, 2.75) is 38.4 Å². The monoisotopic (exact) mass is 268 g/mol. The summed E-state index contributed by atoms with van der Waals surface area (Å²) < 4.78 is 0. The van der Waals surface area contributed by atoms with Crippen LogP contribution in [0.5, 0.6) is 0 Å². The molecule has 2 saturated heterocycles. The van der Waals surface area contributed by atoms with Crippen molar-refractivity contribution < 1.29 is 14.4 Å². The van der Waals surface area contributed by atoms with Crippen molar-refractivity contribution in [1.29, 1.82) is 0 Å². The number of nitrogens with one attached hydrogen (secondary N) is 3. The molecular formula is C12H20N4O3. The second kappa shape index (κ2) is 4.90. The number of hydrogen-bond donors (Lipinski definition) is 3. The van der Waals surface area contributed by atoms with E-state index in [1.54, 1.807) is 13.8 Å². The van der Waals surface area contributed by atoms with Gasteiger partial charge in [0.2, 0.25) is 11.8 Å². The summed E-state index contributed by atoms with van der Waals surface area (Å²) in [6.45, 7) is 6.42. The van der Waals surface area contributed by atoms with Gasteiger partial charge in [-0.2, -0.15) is 0 Å². The minimum atomic E-state index is -1.00. The van der Waals surface area contributed by atoms with E-state index in [1.165, 1.54) is 4.90 Å². The van der Waals surface area contributed by atoms with Crippen molar-refractivity contribution in [2.24, 2.45) is 0 Å². The molecule has 2 atom stereocenters. The van der Waals surface area contributed by atoms with Crippen molar-refractivity contribution in [1.82, 2.24) is 20.9 Å². The molecule has 3 amide bonds. The van der Waals surface area contributed by atoms with Crippen molar-refractivity contribution in [3.05, 3.63) is 0 Å². The summed E-state index contributed by atoms with van der Waals surface area (Å²) in [5.41, 5.74) is -1.00. The second-order valence-electron chi connectivity index (χ2n) is 5.63. The first-order valence-electron chi connectivity index (χ1n) is 6.45. The summed E-state index contributed by atoms with van der Waals surface area (Å²) in [6.07, 6.45) is 0. The number of carbonyl (C=O) groups is 3. The minimum absolute atomic E-state index is 0.0781. The number of nitrogens with zero attached hydrogens (tertiary/aromatic N) is 1. The molecule has 0 aromatic heterocycles. The Labute approximate surface area is 112 Å².